The standard InChI is InChI=1S/C10H13F2N5.ClH/c1-16-7-8(5-14-16)4-13-6-9-2-3-17(15-9)10(11)12;/h2-3,5,7,10,13H,4,6H2,1H3;1H. The van der Waals surface area contributed by atoms with Gasteiger partial charge in [-0.05, 0) is 6.07 Å². The highest BCUT2D eigenvalue weighted by atomic mass is 35.5. The zero-order valence-corrected chi connectivity index (χ0v) is 10.6. The van der Waals surface area contributed by atoms with E-state index in [-0.39, 0.29) is 12.4 Å². The number of aryl methyl sites for hydroxylation is 1. The summed E-state index contributed by atoms with van der Waals surface area (Å²) in [6.07, 6.45) is 4.92. The van der Waals surface area contributed by atoms with Gasteiger partial charge in [-0.25, -0.2) is 4.68 Å². The molecule has 0 bridgehead atoms. The van der Waals surface area contributed by atoms with E-state index in [0.717, 1.165) is 5.56 Å². The van der Waals surface area contributed by atoms with Crippen molar-refractivity contribution >= 4 is 12.4 Å². The van der Waals surface area contributed by atoms with E-state index in [9.17, 15) is 8.78 Å². The van der Waals surface area contributed by atoms with Crippen molar-refractivity contribution in [1.82, 2.24) is 24.9 Å². The minimum Gasteiger partial charge on any atom is -0.307 e. The molecule has 0 aliphatic heterocycles. The molecule has 2 heterocycles. The molecule has 0 aromatic carbocycles. The van der Waals surface area contributed by atoms with Gasteiger partial charge >= 0.3 is 6.55 Å². The molecule has 0 aliphatic carbocycles. The Kier molecular flexibility index (Phi) is 5.24. The van der Waals surface area contributed by atoms with E-state index in [1.54, 1.807) is 16.9 Å². The van der Waals surface area contributed by atoms with E-state index < -0.39 is 6.55 Å². The van der Waals surface area contributed by atoms with Crippen LogP contribution in [-0.4, -0.2) is 19.6 Å². The highest BCUT2D eigenvalue weighted by molar-refractivity contribution is 5.85. The second-order valence-corrected chi connectivity index (χ2v) is 3.69. The third kappa shape index (κ3) is 3.78. The van der Waals surface area contributed by atoms with E-state index >= 15 is 0 Å². The lowest BCUT2D eigenvalue weighted by Crippen LogP contribution is -2.13. The third-order valence-electron chi connectivity index (χ3n) is 2.26. The number of aromatic nitrogens is 4. The Morgan fingerprint density at radius 3 is 2.72 bits per heavy atom. The first-order valence-electron chi connectivity index (χ1n) is 5.15. The molecule has 2 aromatic rings. The van der Waals surface area contributed by atoms with Gasteiger partial charge in [-0.2, -0.15) is 19.0 Å². The third-order valence-corrected chi connectivity index (χ3v) is 2.26. The average molecular weight is 278 g/mol. The van der Waals surface area contributed by atoms with Gasteiger partial charge in [0, 0.05) is 38.1 Å². The Morgan fingerprint density at radius 2 is 2.17 bits per heavy atom. The van der Waals surface area contributed by atoms with Crippen molar-refractivity contribution in [2.24, 2.45) is 7.05 Å². The highest BCUT2D eigenvalue weighted by Crippen LogP contribution is 2.08. The van der Waals surface area contributed by atoms with Gasteiger partial charge in [0.1, 0.15) is 0 Å². The van der Waals surface area contributed by atoms with Crippen LogP contribution in [0.25, 0.3) is 0 Å². The molecule has 0 atom stereocenters. The molecule has 2 aromatic heterocycles. The minimum atomic E-state index is -2.58. The molecule has 2 rings (SSSR count). The fraction of sp³-hybridized carbons (Fsp3) is 0.400. The molecular weight excluding hydrogens is 264 g/mol. The number of halogens is 3. The van der Waals surface area contributed by atoms with Gasteiger partial charge in [0.2, 0.25) is 0 Å². The smallest absolute Gasteiger partial charge is 0.307 e. The van der Waals surface area contributed by atoms with Crippen molar-refractivity contribution in [2.75, 3.05) is 0 Å². The molecule has 5 nitrogen and oxygen atoms in total. The molecule has 0 radical (unpaired) electrons. The van der Waals surface area contributed by atoms with Crippen molar-refractivity contribution in [3.8, 4) is 0 Å². The molecule has 1 N–H and O–H groups in total. The van der Waals surface area contributed by atoms with Gasteiger partial charge < -0.3 is 5.32 Å². The van der Waals surface area contributed by atoms with E-state index in [0.29, 0.717) is 23.5 Å². The summed E-state index contributed by atoms with van der Waals surface area (Å²) in [5, 5.41) is 10.9. The highest BCUT2D eigenvalue weighted by Gasteiger charge is 2.06. The Balaban J connectivity index is 0.00000162. The van der Waals surface area contributed by atoms with E-state index in [4.69, 9.17) is 0 Å². The van der Waals surface area contributed by atoms with Gasteiger partial charge in [-0.15, -0.1) is 12.4 Å². The number of alkyl halides is 2. The van der Waals surface area contributed by atoms with E-state index in [2.05, 4.69) is 15.5 Å². The zero-order valence-electron chi connectivity index (χ0n) is 9.75. The van der Waals surface area contributed by atoms with Crippen LogP contribution in [0.3, 0.4) is 0 Å². The van der Waals surface area contributed by atoms with Crippen LogP contribution in [0.5, 0.6) is 0 Å². The van der Waals surface area contributed by atoms with Crippen LogP contribution in [0.1, 0.15) is 17.8 Å². The summed E-state index contributed by atoms with van der Waals surface area (Å²) in [5.74, 6) is 0. The summed E-state index contributed by atoms with van der Waals surface area (Å²) in [5.41, 5.74) is 1.63. The Morgan fingerprint density at radius 1 is 1.39 bits per heavy atom. The topological polar surface area (TPSA) is 47.7 Å². The summed E-state index contributed by atoms with van der Waals surface area (Å²) in [7, 11) is 1.84. The van der Waals surface area contributed by atoms with Crippen LogP contribution in [-0.2, 0) is 20.1 Å². The lowest BCUT2D eigenvalue weighted by atomic mass is 10.3. The minimum absolute atomic E-state index is 0. The molecule has 18 heavy (non-hydrogen) atoms. The maximum Gasteiger partial charge on any atom is 0.333 e. The van der Waals surface area contributed by atoms with Crippen molar-refractivity contribution < 1.29 is 8.78 Å². The number of nitrogens with one attached hydrogen (secondary N) is 1. The van der Waals surface area contributed by atoms with Crippen molar-refractivity contribution in [1.29, 1.82) is 0 Å². The number of hydrogen-bond donors (Lipinski definition) is 1. The largest absolute Gasteiger partial charge is 0.333 e. The summed E-state index contributed by atoms with van der Waals surface area (Å²) in [4.78, 5) is 0. The lowest BCUT2D eigenvalue weighted by Gasteiger charge is -2.00. The molecule has 0 unspecified atom stereocenters. The summed E-state index contributed by atoms with van der Waals surface area (Å²) >= 11 is 0. The van der Waals surface area contributed by atoms with Gasteiger partial charge in [-0.1, -0.05) is 0 Å². The summed E-state index contributed by atoms with van der Waals surface area (Å²) in [6.45, 7) is -1.49. The van der Waals surface area contributed by atoms with Crippen LogP contribution in [0.4, 0.5) is 8.78 Å². The maximum absolute atomic E-state index is 12.2. The molecule has 8 heteroatoms. The predicted octanol–water partition coefficient (Wildman–Crippen LogP) is 1.72. The van der Waals surface area contributed by atoms with Crippen molar-refractivity contribution in [3.63, 3.8) is 0 Å². The van der Waals surface area contributed by atoms with Crippen LogP contribution >= 0.6 is 12.4 Å². The van der Waals surface area contributed by atoms with Crippen LogP contribution < -0.4 is 5.32 Å². The number of nitrogens with zero attached hydrogens (tertiary/aromatic N) is 4. The zero-order chi connectivity index (χ0) is 12.3. The van der Waals surface area contributed by atoms with E-state index in [1.165, 1.54) is 6.20 Å². The van der Waals surface area contributed by atoms with Crippen LogP contribution in [0.2, 0.25) is 0 Å². The normalized spacial score (nSPS) is 10.7. The summed E-state index contributed by atoms with van der Waals surface area (Å²) in [6, 6.07) is 1.57. The predicted molar refractivity (Wildman–Crippen MR) is 64.5 cm³/mol. The first-order chi connectivity index (χ1) is 8.15. The lowest BCUT2D eigenvalue weighted by molar-refractivity contribution is 0.0561. The second kappa shape index (κ2) is 6.46. The van der Waals surface area contributed by atoms with Crippen molar-refractivity contribution in [2.45, 2.75) is 19.6 Å². The Labute approximate surface area is 109 Å². The molecule has 0 amide bonds. The second-order valence-electron chi connectivity index (χ2n) is 3.69. The molecule has 100 valence electrons. The van der Waals surface area contributed by atoms with Gasteiger partial charge in [-0.3, -0.25) is 4.68 Å². The van der Waals surface area contributed by atoms with Gasteiger partial charge in [0.05, 0.1) is 11.9 Å². The van der Waals surface area contributed by atoms with Gasteiger partial charge in [0.25, 0.3) is 0 Å². The van der Waals surface area contributed by atoms with E-state index in [1.807, 2.05) is 13.2 Å². The maximum atomic E-state index is 12.2. The first kappa shape index (κ1) is 14.6. The molecule has 0 saturated carbocycles. The average Bonchev–Trinajstić information content (AvgIpc) is 2.88. The Hall–Kier alpha value is -1.47. The van der Waals surface area contributed by atoms with Crippen LogP contribution in [0.15, 0.2) is 24.7 Å². The molecule has 0 spiro atoms. The van der Waals surface area contributed by atoms with Crippen molar-refractivity contribution in [3.05, 3.63) is 35.9 Å². The quantitative estimate of drug-likeness (QED) is 0.905. The monoisotopic (exact) mass is 277 g/mol. The SMILES string of the molecule is Cl.Cn1cc(CNCc2ccn(C(F)F)n2)cn1. The molecule has 0 fully saturated rings. The summed E-state index contributed by atoms with van der Waals surface area (Å²) < 4.78 is 26.8. The number of hydrogen-bond acceptors (Lipinski definition) is 3. The number of rotatable bonds is 5. The van der Waals surface area contributed by atoms with Gasteiger partial charge in [0.15, 0.2) is 0 Å². The first-order valence-corrected chi connectivity index (χ1v) is 5.15. The fourth-order valence-corrected chi connectivity index (χ4v) is 1.48. The fourth-order valence-electron chi connectivity index (χ4n) is 1.48. The molecule has 0 aliphatic rings. The molecule has 0 saturated heterocycles. The Bertz CT molecular complexity index is 482. The van der Waals surface area contributed by atoms with Crippen LogP contribution in [0, 0.1) is 0 Å². The molecular formula is C10H14ClF2N5.